The zero-order chi connectivity index (χ0) is 23.3. The predicted molar refractivity (Wildman–Crippen MR) is 137 cm³/mol. The van der Waals surface area contributed by atoms with Gasteiger partial charge in [0.15, 0.2) is 0 Å². The molecule has 5 rings (SSSR count). The molecule has 2 aromatic carbocycles. The van der Waals surface area contributed by atoms with Gasteiger partial charge in [-0.2, -0.15) is 4.98 Å². The van der Waals surface area contributed by atoms with Crippen LogP contribution < -0.4 is 15.5 Å². The van der Waals surface area contributed by atoms with Gasteiger partial charge in [-0.25, -0.2) is 4.98 Å². The summed E-state index contributed by atoms with van der Waals surface area (Å²) in [5.74, 6) is 1.30. The Labute approximate surface area is 202 Å². The summed E-state index contributed by atoms with van der Waals surface area (Å²) in [6.45, 7) is 4.91. The van der Waals surface area contributed by atoms with Crippen molar-refractivity contribution in [2.75, 3.05) is 41.8 Å². The third kappa shape index (κ3) is 5.24. The molecule has 0 aliphatic carbocycles. The van der Waals surface area contributed by atoms with Crippen LogP contribution in [0.3, 0.4) is 0 Å². The minimum Gasteiger partial charge on any atom is -0.378 e. The molecule has 0 atom stereocenters. The first kappa shape index (κ1) is 22.1. The van der Waals surface area contributed by atoms with Crippen molar-refractivity contribution in [3.05, 3.63) is 83.4 Å². The number of hydrogen-bond acceptors (Lipinski definition) is 7. The molecule has 172 valence electrons. The Hall–Kier alpha value is -3.75. The molecule has 1 saturated heterocycles. The summed E-state index contributed by atoms with van der Waals surface area (Å²) in [6.07, 6.45) is 0. The maximum Gasteiger partial charge on any atom is 0.255 e. The fourth-order valence-electron chi connectivity index (χ4n) is 3.74. The molecule has 0 saturated carbocycles. The first-order valence-corrected chi connectivity index (χ1v) is 12.0. The monoisotopic (exact) mass is 471 g/mol. The standard InChI is InChI=1S/C26H25N5O2S/c1-18-17-24(30-26(27-18)31-12-14-33-15-13-31)28-21-8-10-22(11-9-21)29-25(32)20-6-4-19(5-7-20)23-3-2-16-34-23/h2-11,16-17H,12-15H2,1H3,(H,29,32)(H,27,28,30). The maximum atomic E-state index is 12.7. The van der Waals surface area contributed by atoms with Crippen LogP contribution in [0, 0.1) is 6.92 Å². The van der Waals surface area contributed by atoms with Crippen molar-refractivity contribution in [3.8, 4) is 10.4 Å². The number of rotatable bonds is 6. The minimum atomic E-state index is -0.139. The molecular weight excluding hydrogens is 446 g/mol. The molecule has 8 heteroatoms. The Morgan fingerprint density at radius 2 is 1.71 bits per heavy atom. The molecule has 34 heavy (non-hydrogen) atoms. The summed E-state index contributed by atoms with van der Waals surface area (Å²) in [5, 5.41) is 8.34. The van der Waals surface area contributed by atoms with Crippen molar-refractivity contribution in [1.29, 1.82) is 0 Å². The van der Waals surface area contributed by atoms with Crippen LogP contribution in [0.1, 0.15) is 16.1 Å². The smallest absolute Gasteiger partial charge is 0.255 e. The number of nitrogens with one attached hydrogen (secondary N) is 2. The van der Waals surface area contributed by atoms with E-state index in [0.717, 1.165) is 41.5 Å². The van der Waals surface area contributed by atoms with Gasteiger partial charge in [0.1, 0.15) is 5.82 Å². The lowest BCUT2D eigenvalue weighted by molar-refractivity contribution is 0.102. The van der Waals surface area contributed by atoms with Crippen LogP contribution in [0.4, 0.5) is 23.1 Å². The van der Waals surface area contributed by atoms with Gasteiger partial charge in [-0.15, -0.1) is 11.3 Å². The van der Waals surface area contributed by atoms with E-state index >= 15 is 0 Å². The topological polar surface area (TPSA) is 79.4 Å². The van der Waals surface area contributed by atoms with Gasteiger partial charge in [0.05, 0.1) is 13.2 Å². The van der Waals surface area contributed by atoms with Crippen LogP contribution in [-0.4, -0.2) is 42.2 Å². The van der Waals surface area contributed by atoms with Gasteiger partial charge >= 0.3 is 0 Å². The van der Waals surface area contributed by atoms with E-state index in [9.17, 15) is 4.79 Å². The summed E-state index contributed by atoms with van der Waals surface area (Å²) in [5.41, 5.74) is 4.23. The summed E-state index contributed by atoms with van der Waals surface area (Å²) in [7, 11) is 0. The number of nitrogens with zero attached hydrogens (tertiary/aromatic N) is 3. The lowest BCUT2D eigenvalue weighted by Crippen LogP contribution is -2.37. The van der Waals surface area contributed by atoms with Gasteiger partial charge in [0.2, 0.25) is 5.95 Å². The van der Waals surface area contributed by atoms with Crippen LogP contribution in [-0.2, 0) is 4.74 Å². The van der Waals surface area contributed by atoms with Gasteiger partial charge in [-0.1, -0.05) is 18.2 Å². The molecule has 0 radical (unpaired) electrons. The summed E-state index contributed by atoms with van der Waals surface area (Å²) in [6, 6.07) is 21.2. The van der Waals surface area contributed by atoms with Crippen molar-refractivity contribution in [2.24, 2.45) is 0 Å². The van der Waals surface area contributed by atoms with Crippen molar-refractivity contribution in [2.45, 2.75) is 6.92 Å². The molecule has 0 unspecified atom stereocenters. The average molecular weight is 472 g/mol. The molecule has 1 aliphatic heterocycles. The number of aryl methyl sites for hydroxylation is 1. The largest absolute Gasteiger partial charge is 0.378 e. The van der Waals surface area contributed by atoms with Crippen molar-refractivity contribution >= 4 is 40.4 Å². The van der Waals surface area contributed by atoms with Crippen molar-refractivity contribution < 1.29 is 9.53 Å². The highest BCUT2D eigenvalue weighted by Crippen LogP contribution is 2.25. The summed E-state index contributed by atoms with van der Waals surface area (Å²) in [4.78, 5) is 25.2. The lowest BCUT2D eigenvalue weighted by Gasteiger charge is -2.27. The fraction of sp³-hybridized carbons (Fsp3) is 0.192. The molecule has 1 amide bonds. The lowest BCUT2D eigenvalue weighted by atomic mass is 10.1. The number of thiophene rings is 1. The molecule has 1 fully saturated rings. The van der Waals surface area contributed by atoms with Crippen molar-refractivity contribution in [1.82, 2.24) is 9.97 Å². The predicted octanol–water partition coefficient (Wildman–Crippen LogP) is 5.35. The number of hydrogen-bond donors (Lipinski definition) is 2. The fourth-order valence-corrected chi connectivity index (χ4v) is 4.47. The zero-order valence-corrected chi connectivity index (χ0v) is 19.6. The number of carbonyl (C=O) groups is 1. The van der Waals surface area contributed by atoms with Crippen LogP contribution in [0.25, 0.3) is 10.4 Å². The minimum absolute atomic E-state index is 0.139. The molecule has 2 aromatic heterocycles. The van der Waals surface area contributed by atoms with E-state index in [1.165, 1.54) is 4.88 Å². The van der Waals surface area contributed by atoms with E-state index in [2.05, 4.69) is 31.6 Å². The van der Waals surface area contributed by atoms with Gasteiger partial charge < -0.3 is 20.3 Å². The molecular formula is C26H25N5O2S. The van der Waals surface area contributed by atoms with Crippen molar-refractivity contribution in [3.63, 3.8) is 0 Å². The molecule has 0 bridgehead atoms. The maximum absolute atomic E-state index is 12.7. The molecule has 4 aromatic rings. The molecule has 2 N–H and O–H groups in total. The summed E-state index contributed by atoms with van der Waals surface area (Å²) < 4.78 is 5.42. The highest BCUT2D eigenvalue weighted by atomic mass is 32.1. The molecule has 1 aliphatic rings. The SMILES string of the molecule is Cc1cc(Nc2ccc(NC(=O)c3ccc(-c4cccs4)cc3)cc2)nc(N2CCOCC2)n1. The van der Waals surface area contributed by atoms with Gasteiger partial charge in [0, 0.05) is 46.7 Å². The number of anilines is 4. The average Bonchev–Trinajstić information content (AvgIpc) is 3.41. The Kier molecular flexibility index (Phi) is 6.51. The van der Waals surface area contributed by atoms with E-state index in [4.69, 9.17) is 4.74 Å². The first-order valence-electron chi connectivity index (χ1n) is 11.1. The third-order valence-corrected chi connectivity index (χ3v) is 6.42. The number of ether oxygens (including phenoxy) is 1. The number of benzene rings is 2. The van der Waals surface area contributed by atoms with Crippen LogP contribution in [0.5, 0.6) is 0 Å². The van der Waals surface area contributed by atoms with Crippen LogP contribution in [0.2, 0.25) is 0 Å². The summed E-state index contributed by atoms with van der Waals surface area (Å²) >= 11 is 1.68. The Balaban J connectivity index is 1.22. The van der Waals surface area contributed by atoms with E-state index < -0.39 is 0 Å². The number of aromatic nitrogens is 2. The normalized spacial score (nSPS) is 13.5. The Morgan fingerprint density at radius 3 is 2.41 bits per heavy atom. The molecule has 0 spiro atoms. The third-order valence-electron chi connectivity index (χ3n) is 5.50. The second-order valence-corrected chi connectivity index (χ2v) is 8.95. The second kappa shape index (κ2) is 10.0. The van der Waals surface area contributed by atoms with E-state index in [1.54, 1.807) is 11.3 Å². The highest BCUT2D eigenvalue weighted by molar-refractivity contribution is 7.13. The number of amides is 1. The van der Waals surface area contributed by atoms with Gasteiger partial charge in [-0.05, 0) is 60.3 Å². The van der Waals surface area contributed by atoms with Crippen LogP contribution in [0.15, 0.2) is 72.1 Å². The van der Waals surface area contributed by atoms with E-state index in [-0.39, 0.29) is 5.91 Å². The highest BCUT2D eigenvalue weighted by Gasteiger charge is 2.15. The van der Waals surface area contributed by atoms with Crippen LogP contribution >= 0.6 is 11.3 Å². The van der Waals surface area contributed by atoms with E-state index in [1.807, 2.05) is 73.0 Å². The number of carbonyl (C=O) groups excluding carboxylic acids is 1. The molecule has 7 nitrogen and oxygen atoms in total. The second-order valence-electron chi connectivity index (χ2n) is 8.01. The van der Waals surface area contributed by atoms with Gasteiger partial charge in [0.25, 0.3) is 5.91 Å². The van der Waals surface area contributed by atoms with E-state index in [0.29, 0.717) is 24.7 Å². The first-order chi connectivity index (χ1) is 16.6. The van der Waals surface area contributed by atoms with Gasteiger partial charge in [-0.3, -0.25) is 4.79 Å². The Bertz CT molecular complexity index is 1250. The Morgan fingerprint density at radius 1 is 0.971 bits per heavy atom. The quantitative estimate of drug-likeness (QED) is 0.395. The molecule has 3 heterocycles. The zero-order valence-electron chi connectivity index (χ0n) is 18.8. The number of morpholine rings is 1.